The Morgan fingerprint density at radius 2 is 0.641 bits per heavy atom. The molecule has 0 spiro atoms. The van der Waals surface area contributed by atoms with Crippen LogP contribution in [0.3, 0.4) is 0 Å². The highest BCUT2D eigenvalue weighted by molar-refractivity contribution is 7.47. The van der Waals surface area contributed by atoms with Crippen molar-refractivity contribution in [1.82, 2.24) is 0 Å². The first kappa shape index (κ1) is 89.5. The average Bonchev–Trinajstić information content (AvgIpc) is 2.52. The van der Waals surface area contributed by atoms with Crippen LogP contribution in [-0.2, 0) is 65.4 Å². The van der Waals surface area contributed by atoms with E-state index in [-0.39, 0.29) is 25.7 Å². The number of carbonyl (C=O) groups is 4. The van der Waals surface area contributed by atoms with Crippen molar-refractivity contribution in [3.63, 3.8) is 0 Å². The molecule has 0 saturated carbocycles. The molecule has 92 heavy (non-hydrogen) atoms. The number of esters is 4. The molecular formula is C73H138O17P2. The van der Waals surface area contributed by atoms with Gasteiger partial charge in [0.15, 0.2) is 12.2 Å². The fourth-order valence-electron chi connectivity index (χ4n) is 10.5. The van der Waals surface area contributed by atoms with Gasteiger partial charge in [-0.05, 0) is 63.2 Å². The largest absolute Gasteiger partial charge is 0.472 e. The van der Waals surface area contributed by atoms with Gasteiger partial charge in [-0.3, -0.25) is 37.3 Å². The summed E-state index contributed by atoms with van der Waals surface area (Å²) in [6.07, 6.45) is 53.6. The zero-order chi connectivity index (χ0) is 67.9. The van der Waals surface area contributed by atoms with Crippen LogP contribution in [0.1, 0.15) is 350 Å². The predicted octanol–water partition coefficient (Wildman–Crippen LogP) is 20.7. The molecule has 0 aromatic carbocycles. The summed E-state index contributed by atoms with van der Waals surface area (Å²) in [7, 11) is -9.91. The van der Waals surface area contributed by atoms with Crippen molar-refractivity contribution in [3.05, 3.63) is 24.3 Å². The molecule has 17 nitrogen and oxygen atoms in total. The standard InChI is InChI=1S/C73H138O17P2/c1-7-10-12-14-16-17-18-19-20-24-27-32-38-44-50-56-71(76)84-62-69(90-72(77)57-51-45-39-33-28-25-22-21-23-26-31-37-42-48-54-66(6)9-3)64-88-92(81,82)86-60-67(74)59-85-91(79,80)87-63-68(61-83-70(75)55-49-43-35-15-13-11-8-2)89-73(78)58-52-46-40-34-29-30-36-41-47-53-65(4)5/h17-20,65-69,74H,7-16,21-64H2,1-6H3,(H,79,80)(H,81,82)/b18-17-,20-19-/t66?,67-,68+,69+/m0/s1. The molecule has 0 radical (unpaired) electrons. The van der Waals surface area contributed by atoms with Crippen LogP contribution < -0.4 is 0 Å². The highest BCUT2D eigenvalue weighted by Crippen LogP contribution is 2.45. The zero-order valence-electron chi connectivity index (χ0n) is 59.3. The number of carbonyl (C=O) groups excluding carboxylic acids is 4. The maximum absolute atomic E-state index is 13.0. The summed E-state index contributed by atoms with van der Waals surface area (Å²) in [6, 6.07) is 0. The van der Waals surface area contributed by atoms with E-state index in [0.29, 0.717) is 25.7 Å². The Kier molecular flexibility index (Phi) is 62.8. The Bertz CT molecular complexity index is 1880. The van der Waals surface area contributed by atoms with Gasteiger partial charge in [0, 0.05) is 25.7 Å². The number of ether oxygens (including phenoxy) is 4. The molecule has 0 bridgehead atoms. The molecule has 0 aliphatic carbocycles. The van der Waals surface area contributed by atoms with E-state index in [1.54, 1.807) is 0 Å². The topological polar surface area (TPSA) is 237 Å². The summed E-state index contributed by atoms with van der Waals surface area (Å²) >= 11 is 0. The summed E-state index contributed by atoms with van der Waals surface area (Å²) < 4.78 is 68.2. The lowest BCUT2D eigenvalue weighted by atomic mass is 9.99. The van der Waals surface area contributed by atoms with Crippen LogP contribution >= 0.6 is 15.6 Å². The number of phosphoric ester groups is 2. The third kappa shape index (κ3) is 64.9. The third-order valence-corrected chi connectivity index (χ3v) is 18.6. The van der Waals surface area contributed by atoms with Crippen LogP contribution in [0.25, 0.3) is 0 Å². The summed E-state index contributed by atoms with van der Waals surface area (Å²) in [6.45, 7) is 9.49. The number of aliphatic hydroxyl groups is 1. The highest BCUT2D eigenvalue weighted by Gasteiger charge is 2.30. The van der Waals surface area contributed by atoms with Gasteiger partial charge in [0.05, 0.1) is 26.4 Å². The van der Waals surface area contributed by atoms with Gasteiger partial charge in [-0.1, -0.05) is 297 Å². The van der Waals surface area contributed by atoms with Crippen molar-refractivity contribution in [2.24, 2.45) is 11.8 Å². The summed E-state index contributed by atoms with van der Waals surface area (Å²) in [5.74, 6) is -0.577. The summed E-state index contributed by atoms with van der Waals surface area (Å²) in [4.78, 5) is 72.5. The van der Waals surface area contributed by atoms with E-state index in [4.69, 9.17) is 37.0 Å². The predicted molar refractivity (Wildman–Crippen MR) is 372 cm³/mol. The van der Waals surface area contributed by atoms with E-state index in [1.165, 1.54) is 135 Å². The minimum absolute atomic E-state index is 0.101. The lowest BCUT2D eigenvalue weighted by molar-refractivity contribution is -0.161. The second-order valence-electron chi connectivity index (χ2n) is 26.4. The van der Waals surface area contributed by atoms with Crippen molar-refractivity contribution in [3.8, 4) is 0 Å². The molecule has 6 atom stereocenters. The van der Waals surface area contributed by atoms with E-state index < -0.39 is 97.5 Å². The number of phosphoric acid groups is 2. The zero-order valence-corrected chi connectivity index (χ0v) is 61.1. The Morgan fingerprint density at radius 3 is 0.978 bits per heavy atom. The molecule has 0 fully saturated rings. The van der Waals surface area contributed by atoms with Crippen LogP contribution in [0.4, 0.5) is 0 Å². The molecule has 0 aromatic rings. The number of rotatable bonds is 70. The average molecular weight is 1350 g/mol. The van der Waals surface area contributed by atoms with Gasteiger partial charge in [-0.25, -0.2) is 9.13 Å². The van der Waals surface area contributed by atoms with E-state index >= 15 is 0 Å². The molecule has 19 heteroatoms. The lowest BCUT2D eigenvalue weighted by Crippen LogP contribution is -2.30. The molecule has 542 valence electrons. The second kappa shape index (κ2) is 64.5. The van der Waals surface area contributed by atoms with Gasteiger partial charge in [-0.2, -0.15) is 0 Å². The van der Waals surface area contributed by atoms with Gasteiger partial charge in [-0.15, -0.1) is 0 Å². The Balaban J connectivity index is 5.24. The maximum Gasteiger partial charge on any atom is 0.472 e. The molecule has 3 unspecified atom stereocenters. The number of hydrogen-bond acceptors (Lipinski definition) is 15. The molecular weight excluding hydrogens is 1210 g/mol. The van der Waals surface area contributed by atoms with Crippen LogP contribution in [0.2, 0.25) is 0 Å². The first-order valence-corrected chi connectivity index (χ1v) is 40.3. The summed E-state index contributed by atoms with van der Waals surface area (Å²) in [5, 5.41) is 10.6. The monoisotopic (exact) mass is 1350 g/mol. The second-order valence-corrected chi connectivity index (χ2v) is 29.3. The smallest absolute Gasteiger partial charge is 0.462 e. The fraction of sp³-hybridized carbons (Fsp3) is 0.890. The van der Waals surface area contributed by atoms with E-state index in [2.05, 4.69) is 65.8 Å². The van der Waals surface area contributed by atoms with Crippen molar-refractivity contribution in [1.29, 1.82) is 0 Å². The molecule has 0 heterocycles. The van der Waals surface area contributed by atoms with E-state index in [9.17, 15) is 43.2 Å². The number of aliphatic hydroxyl groups excluding tert-OH is 1. The van der Waals surface area contributed by atoms with Crippen LogP contribution in [0, 0.1) is 11.8 Å². The van der Waals surface area contributed by atoms with E-state index in [0.717, 1.165) is 134 Å². The van der Waals surface area contributed by atoms with Crippen molar-refractivity contribution in [2.75, 3.05) is 39.6 Å². The number of hydrogen-bond donors (Lipinski definition) is 3. The van der Waals surface area contributed by atoms with Crippen LogP contribution in [-0.4, -0.2) is 96.7 Å². The van der Waals surface area contributed by atoms with E-state index in [1.807, 2.05) is 0 Å². The fourth-order valence-corrected chi connectivity index (χ4v) is 12.1. The highest BCUT2D eigenvalue weighted by atomic mass is 31.2. The number of allylic oxidation sites excluding steroid dienone is 4. The Hall–Kier alpha value is -2.46. The molecule has 0 aromatic heterocycles. The van der Waals surface area contributed by atoms with Crippen molar-refractivity contribution < 1.29 is 80.2 Å². The molecule has 0 saturated heterocycles. The SMILES string of the molecule is CCCCCC/C=C\C=C/CCCCCCCC(=O)OC[C@H](COP(=O)(O)OC[C@@H](O)COP(=O)(O)OC[C@@H](COC(=O)CCCCCCCCC)OC(=O)CCCCCCCCCCCC(C)C)OC(=O)CCCCCCCCCCCCCCCCC(C)CC. The third-order valence-electron chi connectivity index (χ3n) is 16.7. The molecule has 0 rings (SSSR count). The molecule has 0 amide bonds. The van der Waals surface area contributed by atoms with Crippen LogP contribution in [0.15, 0.2) is 24.3 Å². The van der Waals surface area contributed by atoms with Crippen molar-refractivity contribution >= 4 is 39.5 Å². The molecule has 0 aliphatic rings. The van der Waals surface area contributed by atoms with Crippen LogP contribution in [0.5, 0.6) is 0 Å². The maximum atomic E-state index is 13.0. The minimum Gasteiger partial charge on any atom is -0.462 e. The quantitative estimate of drug-likeness (QED) is 0.0169. The Morgan fingerprint density at radius 1 is 0.359 bits per heavy atom. The lowest BCUT2D eigenvalue weighted by Gasteiger charge is -2.21. The first-order valence-electron chi connectivity index (χ1n) is 37.3. The molecule has 0 aliphatic heterocycles. The minimum atomic E-state index is -4.96. The van der Waals surface area contributed by atoms with Gasteiger partial charge in [0.25, 0.3) is 0 Å². The van der Waals surface area contributed by atoms with Gasteiger partial charge >= 0.3 is 39.5 Å². The number of unbranched alkanes of at least 4 members (excludes halogenated alkanes) is 36. The van der Waals surface area contributed by atoms with Gasteiger partial charge in [0.1, 0.15) is 19.3 Å². The van der Waals surface area contributed by atoms with Gasteiger partial charge in [0.2, 0.25) is 0 Å². The first-order chi connectivity index (χ1) is 44.4. The normalized spacial score (nSPS) is 14.5. The Labute approximate surface area is 561 Å². The summed E-state index contributed by atoms with van der Waals surface area (Å²) in [5.41, 5.74) is 0. The van der Waals surface area contributed by atoms with Crippen molar-refractivity contribution in [2.45, 2.75) is 368 Å². The molecule has 3 N–H and O–H groups in total. The van der Waals surface area contributed by atoms with Gasteiger partial charge < -0.3 is 33.8 Å².